The molecule has 1 aliphatic heterocycles. The number of carbonyl (C=O) groups excluding carboxylic acids is 1. The Bertz CT molecular complexity index is 204. The molecule has 1 unspecified atom stereocenters. The summed E-state index contributed by atoms with van der Waals surface area (Å²) in [5, 5.41) is 2.91. The van der Waals surface area contributed by atoms with Gasteiger partial charge in [-0.05, 0) is 26.3 Å². The summed E-state index contributed by atoms with van der Waals surface area (Å²) < 4.78 is 15.6. The third-order valence-electron chi connectivity index (χ3n) is 2.76. The average molecular weight is 231 g/mol. The average Bonchev–Trinajstić information content (AvgIpc) is 2.35. The fourth-order valence-electron chi connectivity index (χ4n) is 1.72. The molecule has 0 aromatic heterocycles. The maximum atomic E-state index is 11.3. The number of nitrogens with one attached hydrogen (secondary N) is 1. The van der Waals surface area contributed by atoms with Crippen molar-refractivity contribution in [3.8, 4) is 0 Å². The topological polar surface area (TPSA) is 56.8 Å². The van der Waals surface area contributed by atoms with Crippen molar-refractivity contribution in [3.63, 3.8) is 0 Å². The van der Waals surface area contributed by atoms with E-state index in [1.54, 1.807) is 7.05 Å². The highest BCUT2D eigenvalue weighted by Gasteiger charge is 2.18. The van der Waals surface area contributed by atoms with Crippen LogP contribution in [0.2, 0.25) is 0 Å². The van der Waals surface area contributed by atoms with E-state index in [4.69, 9.17) is 9.47 Å². The van der Waals surface area contributed by atoms with Gasteiger partial charge in [-0.25, -0.2) is 0 Å². The number of carbonyl (C=O) groups is 1. The van der Waals surface area contributed by atoms with Crippen LogP contribution in [0.15, 0.2) is 0 Å². The summed E-state index contributed by atoms with van der Waals surface area (Å²) in [5.41, 5.74) is 0. The van der Waals surface area contributed by atoms with Crippen LogP contribution in [0.5, 0.6) is 0 Å². The van der Waals surface area contributed by atoms with Gasteiger partial charge >= 0.3 is 5.97 Å². The van der Waals surface area contributed by atoms with Gasteiger partial charge in [-0.2, -0.15) is 0 Å². The van der Waals surface area contributed by atoms with Crippen molar-refractivity contribution >= 4 is 5.97 Å². The minimum atomic E-state index is -0.273. The van der Waals surface area contributed by atoms with Crippen LogP contribution in [-0.2, 0) is 19.0 Å². The summed E-state index contributed by atoms with van der Waals surface area (Å²) in [6.07, 6.45) is 2.81. The third kappa shape index (κ3) is 4.47. The van der Waals surface area contributed by atoms with Crippen LogP contribution in [0.1, 0.15) is 19.3 Å². The number of esters is 1. The predicted molar refractivity (Wildman–Crippen MR) is 59.3 cm³/mol. The van der Waals surface area contributed by atoms with Gasteiger partial charge < -0.3 is 19.5 Å². The maximum Gasteiger partial charge on any atom is 0.322 e. The molecule has 0 spiro atoms. The number of methoxy groups -OCH3 is 1. The summed E-state index contributed by atoms with van der Waals surface area (Å²) >= 11 is 0. The largest absolute Gasteiger partial charge is 0.468 e. The molecule has 0 aromatic rings. The Balaban J connectivity index is 2.14. The molecule has 0 radical (unpaired) electrons. The van der Waals surface area contributed by atoms with Crippen LogP contribution in [0.3, 0.4) is 0 Å². The van der Waals surface area contributed by atoms with Crippen LogP contribution in [0, 0.1) is 0 Å². The van der Waals surface area contributed by atoms with E-state index in [1.807, 2.05) is 0 Å². The van der Waals surface area contributed by atoms with Gasteiger partial charge in [0.05, 0.1) is 13.2 Å². The Kier molecular flexibility index (Phi) is 6.37. The van der Waals surface area contributed by atoms with Gasteiger partial charge in [0.15, 0.2) is 0 Å². The lowest BCUT2D eigenvalue weighted by Crippen LogP contribution is -2.36. The van der Waals surface area contributed by atoms with Crippen molar-refractivity contribution < 1.29 is 19.0 Å². The molecule has 1 heterocycles. The lowest BCUT2D eigenvalue weighted by atomic mass is 10.1. The number of hydrogen-bond acceptors (Lipinski definition) is 5. The molecule has 0 aromatic carbocycles. The second-order valence-electron chi connectivity index (χ2n) is 3.84. The van der Waals surface area contributed by atoms with E-state index < -0.39 is 0 Å². The molecule has 94 valence electrons. The summed E-state index contributed by atoms with van der Waals surface area (Å²) in [5.74, 6) is -0.238. The summed E-state index contributed by atoms with van der Waals surface area (Å²) in [7, 11) is 3.14. The molecule has 0 bridgehead atoms. The second-order valence-corrected chi connectivity index (χ2v) is 3.84. The molecule has 0 aliphatic carbocycles. The highest BCUT2D eigenvalue weighted by Crippen LogP contribution is 2.11. The molecule has 1 aliphatic rings. The minimum absolute atomic E-state index is 0.238. The summed E-state index contributed by atoms with van der Waals surface area (Å²) in [6, 6.07) is -0.273. The zero-order valence-electron chi connectivity index (χ0n) is 10.0. The molecule has 1 rings (SSSR count). The zero-order valence-corrected chi connectivity index (χ0v) is 10.0. The normalized spacial score (nSPS) is 19.4. The Morgan fingerprint density at radius 1 is 1.50 bits per heavy atom. The summed E-state index contributed by atoms with van der Waals surface area (Å²) in [6.45, 7) is 2.12. The zero-order chi connectivity index (χ0) is 11.8. The maximum absolute atomic E-state index is 11.3. The molecule has 1 N–H and O–H groups in total. The van der Waals surface area contributed by atoms with E-state index in [-0.39, 0.29) is 18.1 Å². The standard InChI is InChI=1S/C11H21NO4/c1-12-10(11(13)14-2)5-8-16-9-3-6-15-7-4-9/h9-10,12H,3-8H2,1-2H3. The Labute approximate surface area is 96.4 Å². The predicted octanol–water partition coefficient (Wildman–Crippen LogP) is 0.333. The van der Waals surface area contributed by atoms with Crippen LogP contribution < -0.4 is 5.32 Å². The van der Waals surface area contributed by atoms with Crippen molar-refractivity contribution in [2.75, 3.05) is 34.0 Å². The van der Waals surface area contributed by atoms with Gasteiger partial charge in [0.1, 0.15) is 6.04 Å². The Morgan fingerprint density at radius 3 is 2.75 bits per heavy atom. The second kappa shape index (κ2) is 7.60. The molecule has 0 saturated carbocycles. The van der Waals surface area contributed by atoms with Crippen molar-refractivity contribution in [1.82, 2.24) is 5.32 Å². The molecular formula is C11H21NO4. The lowest BCUT2D eigenvalue weighted by molar-refractivity contribution is -0.143. The van der Waals surface area contributed by atoms with E-state index in [0.717, 1.165) is 26.1 Å². The smallest absolute Gasteiger partial charge is 0.322 e. The van der Waals surface area contributed by atoms with Gasteiger partial charge in [0.2, 0.25) is 0 Å². The number of hydrogen-bond donors (Lipinski definition) is 1. The van der Waals surface area contributed by atoms with E-state index in [9.17, 15) is 4.79 Å². The highest BCUT2D eigenvalue weighted by atomic mass is 16.5. The molecule has 5 nitrogen and oxygen atoms in total. The van der Waals surface area contributed by atoms with Gasteiger partial charge in [-0.15, -0.1) is 0 Å². The quantitative estimate of drug-likeness (QED) is 0.668. The van der Waals surface area contributed by atoms with Crippen LogP contribution in [0.4, 0.5) is 0 Å². The van der Waals surface area contributed by atoms with Gasteiger partial charge in [-0.1, -0.05) is 0 Å². The molecule has 1 fully saturated rings. The van der Waals surface area contributed by atoms with Crippen molar-refractivity contribution in [2.24, 2.45) is 0 Å². The molecule has 1 saturated heterocycles. The van der Waals surface area contributed by atoms with Gasteiger partial charge in [0.25, 0.3) is 0 Å². The van der Waals surface area contributed by atoms with E-state index in [0.29, 0.717) is 13.0 Å². The molecule has 1 atom stereocenters. The van der Waals surface area contributed by atoms with Gasteiger partial charge in [0, 0.05) is 19.8 Å². The minimum Gasteiger partial charge on any atom is -0.468 e. The first-order valence-corrected chi connectivity index (χ1v) is 5.72. The van der Waals surface area contributed by atoms with Crippen molar-refractivity contribution in [3.05, 3.63) is 0 Å². The highest BCUT2D eigenvalue weighted by molar-refractivity contribution is 5.75. The first kappa shape index (κ1) is 13.4. The van der Waals surface area contributed by atoms with Crippen molar-refractivity contribution in [2.45, 2.75) is 31.4 Å². The van der Waals surface area contributed by atoms with E-state index in [1.165, 1.54) is 7.11 Å². The van der Waals surface area contributed by atoms with E-state index in [2.05, 4.69) is 10.1 Å². The Hall–Kier alpha value is -0.650. The fourth-order valence-corrected chi connectivity index (χ4v) is 1.72. The SMILES string of the molecule is CNC(CCOC1CCOCC1)C(=O)OC. The number of likely N-dealkylation sites (N-methyl/N-ethyl adjacent to an activating group) is 1. The lowest BCUT2D eigenvalue weighted by Gasteiger charge is -2.23. The number of ether oxygens (including phenoxy) is 3. The monoisotopic (exact) mass is 231 g/mol. The molecular weight excluding hydrogens is 210 g/mol. The molecule has 16 heavy (non-hydrogen) atoms. The van der Waals surface area contributed by atoms with Crippen LogP contribution in [-0.4, -0.2) is 52.1 Å². The number of rotatable bonds is 6. The van der Waals surface area contributed by atoms with Gasteiger partial charge in [-0.3, -0.25) is 4.79 Å². The molecule has 5 heteroatoms. The van der Waals surface area contributed by atoms with Crippen LogP contribution in [0.25, 0.3) is 0 Å². The van der Waals surface area contributed by atoms with Crippen LogP contribution >= 0.6 is 0 Å². The first-order chi connectivity index (χ1) is 7.77. The Morgan fingerprint density at radius 2 is 2.19 bits per heavy atom. The van der Waals surface area contributed by atoms with E-state index >= 15 is 0 Å². The molecule has 0 amide bonds. The third-order valence-corrected chi connectivity index (χ3v) is 2.76. The summed E-state index contributed by atoms with van der Waals surface area (Å²) in [4.78, 5) is 11.3. The van der Waals surface area contributed by atoms with Crippen molar-refractivity contribution in [1.29, 1.82) is 0 Å². The first-order valence-electron chi connectivity index (χ1n) is 5.72. The fraction of sp³-hybridized carbons (Fsp3) is 0.909.